The van der Waals surface area contributed by atoms with E-state index in [9.17, 15) is 5.11 Å². The lowest BCUT2D eigenvalue weighted by atomic mass is 9.48. The second-order valence-corrected chi connectivity index (χ2v) is 12.5. The summed E-state index contributed by atoms with van der Waals surface area (Å²) in [5.74, 6) is 3.97. The third-order valence-corrected chi connectivity index (χ3v) is 11.1. The minimum absolute atomic E-state index is 0.0663. The first-order valence-electron chi connectivity index (χ1n) is 13.1. The molecular weight excluding hydrogens is 364 g/mol. The van der Waals surface area contributed by atoms with E-state index in [-0.39, 0.29) is 11.5 Å². The molecule has 0 aromatic heterocycles. The minimum atomic E-state index is -0.114. The molecule has 1 nitrogen and oxygen atoms in total. The van der Waals surface area contributed by atoms with E-state index in [4.69, 9.17) is 0 Å². The summed E-state index contributed by atoms with van der Waals surface area (Å²) in [6.45, 7) is 17.0. The molecule has 2 fully saturated rings. The maximum atomic E-state index is 11.2. The predicted octanol–water partition coefficient (Wildman–Crippen LogP) is 8.09. The van der Waals surface area contributed by atoms with E-state index < -0.39 is 0 Å². The Hall–Kier alpha value is -0.560. The SMILES string of the molecule is CC(C)=C(C)CC[C@@H](C)[C@H]1CC[C@H]2C3=C(CC[C@]12C)[C@@]1(C)C(O)CCC(C)C1CC3. The van der Waals surface area contributed by atoms with Crippen LogP contribution in [0.1, 0.15) is 113 Å². The van der Waals surface area contributed by atoms with Crippen LogP contribution in [0, 0.1) is 40.4 Å². The minimum Gasteiger partial charge on any atom is -0.392 e. The first kappa shape index (κ1) is 22.6. The fourth-order valence-electron chi connectivity index (χ4n) is 8.81. The first-order valence-corrected chi connectivity index (χ1v) is 13.1. The molecule has 8 atom stereocenters. The van der Waals surface area contributed by atoms with Crippen molar-refractivity contribution in [1.29, 1.82) is 0 Å². The average molecular weight is 413 g/mol. The largest absolute Gasteiger partial charge is 0.392 e. The van der Waals surface area contributed by atoms with Gasteiger partial charge in [-0.2, -0.15) is 0 Å². The van der Waals surface area contributed by atoms with E-state index in [1.54, 1.807) is 11.1 Å². The number of hydrogen-bond acceptors (Lipinski definition) is 1. The maximum Gasteiger partial charge on any atom is 0.0633 e. The lowest BCUT2D eigenvalue weighted by Gasteiger charge is -2.57. The smallest absolute Gasteiger partial charge is 0.0633 e. The highest BCUT2D eigenvalue weighted by atomic mass is 16.3. The Balaban J connectivity index is 1.58. The van der Waals surface area contributed by atoms with Gasteiger partial charge in [-0.3, -0.25) is 0 Å². The van der Waals surface area contributed by atoms with Crippen molar-refractivity contribution in [1.82, 2.24) is 0 Å². The highest BCUT2D eigenvalue weighted by Gasteiger charge is 2.58. The standard InChI is InChI=1S/C29H48O/c1-18(2)19(3)8-9-20(4)23-13-14-25-22-11-12-24-21(5)10-15-27(30)29(24,7)26(22)16-17-28(23,25)6/h20-21,23-25,27,30H,8-17H2,1-7H3/t20-,21?,23-,24?,25+,27?,28-,29+/m1/s1. The molecule has 4 aliphatic rings. The molecule has 0 aromatic carbocycles. The summed E-state index contributed by atoms with van der Waals surface area (Å²) in [6, 6.07) is 0. The van der Waals surface area contributed by atoms with E-state index in [1.165, 1.54) is 63.4 Å². The Morgan fingerprint density at radius 1 is 1.03 bits per heavy atom. The summed E-state index contributed by atoms with van der Waals surface area (Å²) in [5, 5.41) is 11.2. The van der Waals surface area contributed by atoms with Crippen molar-refractivity contribution in [3.8, 4) is 0 Å². The van der Waals surface area contributed by atoms with Crippen LogP contribution in [0.2, 0.25) is 0 Å². The Bertz CT molecular complexity index is 725. The van der Waals surface area contributed by atoms with E-state index in [0.29, 0.717) is 11.3 Å². The highest BCUT2D eigenvalue weighted by molar-refractivity contribution is 5.35. The molecule has 4 rings (SSSR count). The lowest BCUT2D eigenvalue weighted by Crippen LogP contribution is -2.52. The van der Waals surface area contributed by atoms with Crippen LogP contribution in [0.25, 0.3) is 0 Å². The summed E-state index contributed by atoms with van der Waals surface area (Å²) in [7, 11) is 0. The van der Waals surface area contributed by atoms with Crippen LogP contribution in [0.4, 0.5) is 0 Å². The Morgan fingerprint density at radius 3 is 2.47 bits per heavy atom. The number of allylic oxidation sites excluding steroid dienone is 3. The van der Waals surface area contributed by atoms with E-state index in [0.717, 1.165) is 30.1 Å². The number of aliphatic hydroxyl groups is 1. The van der Waals surface area contributed by atoms with Gasteiger partial charge in [-0.25, -0.2) is 0 Å². The van der Waals surface area contributed by atoms with Gasteiger partial charge < -0.3 is 5.11 Å². The van der Waals surface area contributed by atoms with Crippen molar-refractivity contribution in [2.45, 2.75) is 119 Å². The van der Waals surface area contributed by atoms with Gasteiger partial charge in [-0.05, 0) is 120 Å². The molecule has 0 bridgehead atoms. The van der Waals surface area contributed by atoms with Crippen molar-refractivity contribution < 1.29 is 5.11 Å². The number of fused-ring (bicyclic) bond motifs is 4. The van der Waals surface area contributed by atoms with Crippen molar-refractivity contribution in [3.63, 3.8) is 0 Å². The van der Waals surface area contributed by atoms with Crippen LogP contribution in [-0.2, 0) is 0 Å². The molecule has 4 aliphatic carbocycles. The monoisotopic (exact) mass is 412 g/mol. The Labute approximate surface area is 186 Å². The summed E-state index contributed by atoms with van der Waals surface area (Å²) in [4.78, 5) is 0. The van der Waals surface area contributed by atoms with E-state index in [1.807, 2.05) is 5.57 Å². The van der Waals surface area contributed by atoms with Gasteiger partial charge >= 0.3 is 0 Å². The van der Waals surface area contributed by atoms with E-state index in [2.05, 4.69) is 48.5 Å². The number of aliphatic hydroxyl groups excluding tert-OH is 1. The Kier molecular flexibility index (Phi) is 6.10. The van der Waals surface area contributed by atoms with Crippen molar-refractivity contribution in [3.05, 3.63) is 22.3 Å². The molecule has 3 unspecified atom stereocenters. The highest BCUT2D eigenvalue weighted by Crippen LogP contribution is 2.66. The molecule has 0 radical (unpaired) electrons. The molecule has 1 heteroatoms. The van der Waals surface area contributed by atoms with Gasteiger partial charge in [0.15, 0.2) is 0 Å². The van der Waals surface area contributed by atoms with Crippen LogP contribution in [0.15, 0.2) is 22.3 Å². The number of hydrogen-bond donors (Lipinski definition) is 1. The molecule has 0 spiro atoms. The topological polar surface area (TPSA) is 20.2 Å². The van der Waals surface area contributed by atoms with Crippen molar-refractivity contribution in [2.24, 2.45) is 40.4 Å². The third kappa shape index (κ3) is 3.37. The fourth-order valence-corrected chi connectivity index (χ4v) is 8.81. The average Bonchev–Trinajstić information content (AvgIpc) is 3.06. The van der Waals surface area contributed by atoms with Gasteiger partial charge in [0.25, 0.3) is 0 Å². The van der Waals surface area contributed by atoms with Gasteiger partial charge in [0.05, 0.1) is 6.10 Å². The van der Waals surface area contributed by atoms with Gasteiger partial charge in [0.2, 0.25) is 0 Å². The molecule has 1 N–H and O–H groups in total. The molecule has 0 heterocycles. The summed E-state index contributed by atoms with van der Waals surface area (Å²) in [6.07, 6.45) is 12.8. The predicted molar refractivity (Wildman–Crippen MR) is 128 cm³/mol. The third-order valence-electron chi connectivity index (χ3n) is 11.1. The zero-order valence-electron chi connectivity index (χ0n) is 21.0. The summed E-state index contributed by atoms with van der Waals surface area (Å²) < 4.78 is 0. The van der Waals surface area contributed by atoms with Gasteiger partial charge in [-0.15, -0.1) is 0 Å². The molecule has 0 amide bonds. The molecule has 170 valence electrons. The fraction of sp³-hybridized carbons (Fsp3) is 0.862. The first-order chi connectivity index (χ1) is 14.1. The molecule has 30 heavy (non-hydrogen) atoms. The summed E-state index contributed by atoms with van der Waals surface area (Å²) in [5.41, 5.74) is 7.22. The van der Waals surface area contributed by atoms with Crippen molar-refractivity contribution in [2.75, 3.05) is 0 Å². The van der Waals surface area contributed by atoms with E-state index >= 15 is 0 Å². The second-order valence-electron chi connectivity index (χ2n) is 12.5. The van der Waals surface area contributed by atoms with Crippen LogP contribution in [-0.4, -0.2) is 11.2 Å². The zero-order valence-corrected chi connectivity index (χ0v) is 21.0. The molecule has 2 saturated carbocycles. The quantitative estimate of drug-likeness (QED) is 0.462. The maximum absolute atomic E-state index is 11.2. The molecule has 0 aromatic rings. The summed E-state index contributed by atoms with van der Waals surface area (Å²) >= 11 is 0. The normalized spacial score (nSPS) is 44.2. The van der Waals surface area contributed by atoms with Gasteiger partial charge in [0, 0.05) is 5.41 Å². The second kappa shape index (κ2) is 8.09. The lowest BCUT2D eigenvalue weighted by molar-refractivity contribution is -0.0591. The van der Waals surface area contributed by atoms with Gasteiger partial charge in [-0.1, -0.05) is 50.0 Å². The number of rotatable bonds is 4. The molecular formula is C29H48O. The van der Waals surface area contributed by atoms with Crippen molar-refractivity contribution >= 4 is 0 Å². The van der Waals surface area contributed by atoms with Crippen LogP contribution < -0.4 is 0 Å². The molecule has 0 saturated heterocycles. The van der Waals surface area contributed by atoms with Gasteiger partial charge in [0.1, 0.15) is 0 Å². The van der Waals surface area contributed by atoms with Crippen LogP contribution in [0.5, 0.6) is 0 Å². The Morgan fingerprint density at radius 2 is 1.77 bits per heavy atom. The zero-order chi connectivity index (χ0) is 21.8. The van der Waals surface area contributed by atoms with Crippen LogP contribution >= 0.6 is 0 Å². The van der Waals surface area contributed by atoms with Crippen LogP contribution in [0.3, 0.4) is 0 Å². The molecule has 0 aliphatic heterocycles.